The molecule has 6 nitrogen and oxygen atoms in total. The maximum Gasteiger partial charge on any atom is 0.295 e. The van der Waals surface area contributed by atoms with E-state index in [1.165, 1.54) is 4.90 Å². The van der Waals surface area contributed by atoms with E-state index in [-0.39, 0.29) is 24.0 Å². The number of carbonyl (C=O) groups is 2. The van der Waals surface area contributed by atoms with E-state index in [9.17, 15) is 14.7 Å². The monoisotopic (exact) mass is 531 g/mol. The van der Waals surface area contributed by atoms with Crippen molar-refractivity contribution in [2.45, 2.75) is 38.6 Å². The van der Waals surface area contributed by atoms with Crippen LogP contribution in [0.1, 0.15) is 40.8 Å². The Bertz CT molecular complexity index is 1600. The number of nitrogens with zero attached hydrogens (tertiary/aromatic N) is 1. The van der Waals surface area contributed by atoms with E-state index in [1.807, 2.05) is 97.9 Å². The van der Waals surface area contributed by atoms with Gasteiger partial charge in [0.25, 0.3) is 11.7 Å². The average molecular weight is 532 g/mol. The van der Waals surface area contributed by atoms with Gasteiger partial charge in [0.15, 0.2) is 0 Å². The van der Waals surface area contributed by atoms with E-state index in [4.69, 9.17) is 9.47 Å². The number of benzene rings is 4. The highest BCUT2D eigenvalue weighted by atomic mass is 16.5. The van der Waals surface area contributed by atoms with Crippen molar-refractivity contribution in [3.8, 4) is 11.5 Å². The number of ketones is 1. The van der Waals surface area contributed by atoms with Gasteiger partial charge in [0.1, 0.15) is 30.0 Å². The van der Waals surface area contributed by atoms with Crippen molar-refractivity contribution in [2.24, 2.45) is 0 Å². The summed E-state index contributed by atoms with van der Waals surface area (Å²) in [5.41, 5.74) is 4.10. The second-order valence-corrected chi connectivity index (χ2v) is 10.2. The van der Waals surface area contributed by atoms with Gasteiger partial charge < -0.3 is 19.5 Å². The van der Waals surface area contributed by atoms with Crippen molar-refractivity contribution < 1.29 is 24.2 Å². The molecule has 2 aliphatic heterocycles. The SMILES string of the molecule is C[C@H]1Cc2cc(C(O)=C3C(=O)C(=O)N(Cc4ccccc4)[C@@H]3c3cccc(OCc4ccccc4)c3)ccc2O1. The summed E-state index contributed by atoms with van der Waals surface area (Å²) in [6.45, 7) is 2.59. The first kappa shape index (κ1) is 25.4. The van der Waals surface area contributed by atoms with E-state index >= 15 is 0 Å². The lowest BCUT2D eigenvalue weighted by atomic mass is 9.94. The summed E-state index contributed by atoms with van der Waals surface area (Å²) >= 11 is 0. The number of hydrogen-bond donors (Lipinski definition) is 1. The average Bonchev–Trinajstić information content (AvgIpc) is 3.48. The lowest BCUT2D eigenvalue weighted by Gasteiger charge is -2.26. The van der Waals surface area contributed by atoms with Crippen LogP contribution in [0.2, 0.25) is 0 Å². The fourth-order valence-corrected chi connectivity index (χ4v) is 5.41. The molecule has 0 aromatic heterocycles. The van der Waals surface area contributed by atoms with Gasteiger partial charge in [-0.05, 0) is 59.5 Å². The Hall–Kier alpha value is -4.84. The molecule has 0 unspecified atom stereocenters. The number of fused-ring (bicyclic) bond motifs is 1. The Kier molecular flexibility index (Phi) is 6.83. The standard InChI is InChI=1S/C34H29NO5/c1-22-17-27-18-26(15-16-29(27)40-22)32(36)30-31(35(34(38)33(30)37)20-23-9-4-2-5-10-23)25-13-8-14-28(19-25)39-21-24-11-6-3-7-12-24/h2-16,18-19,22,31,36H,17,20-21H2,1H3/t22-,31+/m0/s1. The number of rotatable bonds is 7. The Morgan fingerprint density at radius 3 is 2.38 bits per heavy atom. The molecule has 6 rings (SSSR count). The highest BCUT2D eigenvalue weighted by molar-refractivity contribution is 6.46. The van der Waals surface area contributed by atoms with E-state index in [2.05, 4.69) is 0 Å². The first-order chi connectivity index (χ1) is 19.5. The third-order valence-electron chi connectivity index (χ3n) is 7.33. The molecule has 0 aliphatic carbocycles. The van der Waals surface area contributed by atoms with Crippen LogP contribution in [0.4, 0.5) is 0 Å². The second-order valence-electron chi connectivity index (χ2n) is 10.2. The molecule has 2 atom stereocenters. The summed E-state index contributed by atoms with van der Waals surface area (Å²) in [5.74, 6) is -0.177. The smallest absolute Gasteiger partial charge is 0.295 e. The molecule has 1 fully saturated rings. The largest absolute Gasteiger partial charge is 0.507 e. The summed E-state index contributed by atoms with van der Waals surface area (Å²) in [4.78, 5) is 28.5. The summed E-state index contributed by atoms with van der Waals surface area (Å²) in [5, 5.41) is 11.6. The molecule has 1 saturated heterocycles. The third-order valence-corrected chi connectivity index (χ3v) is 7.33. The molecule has 4 aromatic carbocycles. The molecule has 0 radical (unpaired) electrons. The van der Waals surface area contributed by atoms with Crippen LogP contribution in [0, 0.1) is 0 Å². The molecule has 6 heteroatoms. The molecule has 1 amide bonds. The molecular weight excluding hydrogens is 502 g/mol. The number of aliphatic hydroxyl groups is 1. The molecule has 0 bridgehead atoms. The highest BCUT2D eigenvalue weighted by Gasteiger charge is 2.46. The molecule has 4 aromatic rings. The van der Waals surface area contributed by atoms with Gasteiger partial charge in [0.2, 0.25) is 0 Å². The van der Waals surface area contributed by atoms with Crippen LogP contribution < -0.4 is 9.47 Å². The number of hydrogen-bond acceptors (Lipinski definition) is 5. The molecule has 0 saturated carbocycles. The number of aliphatic hydroxyl groups excluding tert-OH is 1. The maximum absolute atomic E-state index is 13.5. The first-order valence-corrected chi connectivity index (χ1v) is 13.4. The fraction of sp³-hybridized carbons (Fsp3) is 0.176. The van der Waals surface area contributed by atoms with Gasteiger partial charge in [-0.2, -0.15) is 0 Å². The summed E-state index contributed by atoms with van der Waals surface area (Å²) < 4.78 is 11.9. The van der Waals surface area contributed by atoms with Crippen LogP contribution in [-0.4, -0.2) is 27.8 Å². The van der Waals surface area contributed by atoms with Gasteiger partial charge in [-0.3, -0.25) is 9.59 Å². The van der Waals surface area contributed by atoms with Crippen LogP contribution >= 0.6 is 0 Å². The predicted octanol–water partition coefficient (Wildman–Crippen LogP) is 6.21. The number of ether oxygens (including phenoxy) is 2. The van der Waals surface area contributed by atoms with Crippen molar-refractivity contribution in [3.63, 3.8) is 0 Å². The van der Waals surface area contributed by atoms with E-state index in [0.29, 0.717) is 29.9 Å². The minimum absolute atomic E-state index is 0.0440. The van der Waals surface area contributed by atoms with E-state index in [0.717, 1.165) is 22.4 Å². The lowest BCUT2D eigenvalue weighted by molar-refractivity contribution is -0.140. The van der Waals surface area contributed by atoms with Gasteiger partial charge in [0.05, 0.1) is 11.6 Å². The van der Waals surface area contributed by atoms with Crippen LogP contribution in [0.15, 0.2) is 109 Å². The first-order valence-electron chi connectivity index (χ1n) is 13.4. The zero-order valence-electron chi connectivity index (χ0n) is 22.1. The Balaban J connectivity index is 1.41. The number of amides is 1. The van der Waals surface area contributed by atoms with Gasteiger partial charge >= 0.3 is 0 Å². The van der Waals surface area contributed by atoms with E-state index < -0.39 is 17.7 Å². The van der Waals surface area contributed by atoms with Crippen molar-refractivity contribution in [2.75, 3.05) is 0 Å². The van der Waals surface area contributed by atoms with Crippen LogP contribution in [0.5, 0.6) is 11.5 Å². The van der Waals surface area contributed by atoms with Gasteiger partial charge in [-0.25, -0.2) is 0 Å². The lowest BCUT2D eigenvalue weighted by Crippen LogP contribution is -2.29. The van der Waals surface area contributed by atoms with E-state index in [1.54, 1.807) is 12.1 Å². The Labute approximate surface area is 233 Å². The quantitative estimate of drug-likeness (QED) is 0.174. The van der Waals surface area contributed by atoms with Crippen molar-refractivity contribution in [1.29, 1.82) is 0 Å². The highest BCUT2D eigenvalue weighted by Crippen LogP contribution is 2.42. The summed E-state index contributed by atoms with van der Waals surface area (Å²) in [6.07, 6.45) is 0.755. The number of Topliss-reactive ketones (excluding diaryl/α,β-unsaturated/α-hetero) is 1. The maximum atomic E-state index is 13.5. The minimum Gasteiger partial charge on any atom is -0.507 e. The molecule has 2 heterocycles. The number of likely N-dealkylation sites (tertiary alicyclic amines) is 1. The minimum atomic E-state index is -0.788. The topological polar surface area (TPSA) is 76.1 Å². The zero-order chi connectivity index (χ0) is 27.6. The predicted molar refractivity (Wildman–Crippen MR) is 152 cm³/mol. The van der Waals surface area contributed by atoms with Crippen LogP contribution in [-0.2, 0) is 29.2 Å². The third kappa shape index (κ3) is 4.96. The number of carbonyl (C=O) groups excluding carboxylic acids is 2. The van der Waals surface area contributed by atoms with Crippen molar-refractivity contribution >= 4 is 17.4 Å². The second kappa shape index (κ2) is 10.7. The Morgan fingerprint density at radius 1 is 0.900 bits per heavy atom. The molecule has 2 aliphatic rings. The molecule has 40 heavy (non-hydrogen) atoms. The molecule has 0 spiro atoms. The summed E-state index contributed by atoms with van der Waals surface area (Å²) in [7, 11) is 0. The fourth-order valence-electron chi connectivity index (χ4n) is 5.41. The summed E-state index contributed by atoms with van der Waals surface area (Å²) in [6, 6.07) is 31.3. The van der Waals surface area contributed by atoms with Gasteiger partial charge in [-0.1, -0.05) is 72.8 Å². The zero-order valence-corrected chi connectivity index (χ0v) is 22.1. The molecular formula is C34H29NO5. The molecule has 1 N–H and O–H groups in total. The van der Waals surface area contributed by atoms with Gasteiger partial charge in [0, 0.05) is 18.5 Å². The van der Waals surface area contributed by atoms with Gasteiger partial charge in [-0.15, -0.1) is 0 Å². The normalized spacial score (nSPS) is 19.4. The van der Waals surface area contributed by atoms with Crippen LogP contribution in [0.3, 0.4) is 0 Å². The molecule has 200 valence electrons. The van der Waals surface area contributed by atoms with Crippen molar-refractivity contribution in [3.05, 3.63) is 137 Å². The van der Waals surface area contributed by atoms with Crippen molar-refractivity contribution in [1.82, 2.24) is 4.90 Å². The Morgan fingerprint density at radius 2 is 1.62 bits per heavy atom. The van der Waals surface area contributed by atoms with Crippen LogP contribution in [0.25, 0.3) is 5.76 Å².